The van der Waals surface area contributed by atoms with Crippen molar-refractivity contribution in [2.45, 2.75) is 121 Å². The summed E-state index contributed by atoms with van der Waals surface area (Å²) in [5.74, 6) is 3.29. The quantitative estimate of drug-likeness (QED) is 0.0324. The van der Waals surface area contributed by atoms with E-state index in [1.807, 2.05) is 116 Å². The molecule has 0 amide bonds. The lowest BCUT2D eigenvalue weighted by molar-refractivity contribution is -0.0816. The van der Waals surface area contributed by atoms with Gasteiger partial charge in [0.05, 0.1) is 51.8 Å². The smallest absolute Gasteiger partial charge is 0.244 e. The van der Waals surface area contributed by atoms with Gasteiger partial charge in [0.2, 0.25) is 20.0 Å². The largest absolute Gasteiger partial charge is 0.495 e. The predicted octanol–water partition coefficient (Wildman–Crippen LogP) is 7.72. The fourth-order valence-corrected chi connectivity index (χ4v) is 10.1. The van der Waals surface area contributed by atoms with Crippen LogP contribution < -0.4 is 48.5 Å². The van der Waals surface area contributed by atoms with Crippen LogP contribution in [-0.4, -0.2) is 120 Å². The zero-order valence-electron chi connectivity index (χ0n) is 43.6. The van der Waals surface area contributed by atoms with Gasteiger partial charge in [-0.15, -0.1) is 0 Å². The molecule has 0 aromatic heterocycles. The minimum absolute atomic E-state index is 0.0380. The molecule has 0 heterocycles. The maximum absolute atomic E-state index is 13.6. The number of sulfonamides is 2. The van der Waals surface area contributed by atoms with Gasteiger partial charge in [0.1, 0.15) is 34.5 Å². The van der Waals surface area contributed by atoms with E-state index < -0.39 is 31.2 Å². The Morgan fingerprint density at radius 3 is 1.37 bits per heavy atom. The highest BCUT2D eigenvalue weighted by Gasteiger charge is 2.28. The number of ether oxygens (including phenoxy) is 8. The molecule has 3 atom stereocenters. The van der Waals surface area contributed by atoms with Crippen molar-refractivity contribution >= 4 is 20.0 Å². The summed E-state index contributed by atoms with van der Waals surface area (Å²) < 4.78 is 106. The Kier molecular flexibility index (Phi) is 24.2. The first-order chi connectivity index (χ1) is 33.9. The van der Waals surface area contributed by atoms with Gasteiger partial charge in [-0.2, -0.15) is 0 Å². The molecule has 0 radical (unpaired) electrons. The third kappa shape index (κ3) is 19.7. The predicted molar refractivity (Wildman–Crippen MR) is 279 cm³/mol. The molecule has 4 aromatic carbocycles. The van der Waals surface area contributed by atoms with Gasteiger partial charge in [0.15, 0.2) is 23.0 Å². The summed E-state index contributed by atoms with van der Waals surface area (Å²) in [4.78, 5) is 0.129. The van der Waals surface area contributed by atoms with Gasteiger partial charge >= 0.3 is 0 Å². The van der Waals surface area contributed by atoms with Gasteiger partial charge in [-0.1, -0.05) is 43.3 Å². The van der Waals surface area contributed by atoms with Crippen LogP contribution in [0.1, 0.15) is 85.8 Å². The summed E-state index contributed by atoms with van der Waals surface area (Å²) >= 11 is 0. The molecule has 0 fully saturated rings. The van der Waals surface area contributed by atoms with Crippen molar-refractivity contribution in [3.8, 4) is 34.5 Å². The lowest BCUT2D eigenvalue weighted by Gasteiger charge is -2.32. The standard InChI is InChI=1S/C53H80N4O12S2/c1-11-53(8,69-35-31-57-71(60,61)51-39-43(23-25-49(51)63-10)37-41(5)55-30-34-67-47-21-17-15-19-45(47)65-13-3)27-32-68-52(6,7)26-28-56-70(58,59)50-38-42(22-24-48(50)62-9)36-40(4)54-29-33-66-46-20-16-14-18-44(46)64-12-2/h14-25,38-41,54-57H,11-13,26-37H2,1-10H3. The Morgan fingerprint density at radius 2 is 0.944 bits per heavy atom. The van der Waals surface area contributed by atoms with Crippen molar-refractivity contribution in [1.82, 2.24) is 20.1 Å². The molecule has 4 aromatic rings. The Bertz CT molecular complexity index is 2440. The zero-order valence-corrected chi connectivity index (χ0v) is 45.2. The van der Waals surface area contributed by atoms with Crippen LogP contribution in [0, 0.1) is 0 Å². The fraction of sp³-hybridized carbons (Fsp3) is 0.547. The van der Waals surface area contributed by atoms with Crippen molar-refractivity contribution < 1.29 is 54.7 Å². The third-order valence-corrected chi connectivity index (χ3v) is 14.8. The van der Waals surface area contributed by atoms with Gasteiger partial charge in [0.25, 0.3) is 0 Å². The van der Waals surface area contributed by atoms with Crippen molar-refractivity contribution in [1.29, 1.82) is 0 Å². The summed E-state index contributed by atoms with van der Waals surface area (Å²) in [6.07, 6.45) is 2.77. The molecule has 0 aliphatic heterocycles. The maximum atomic E-state index is 13.6. The van der Waals surface area contributed by atoms with Gasteiger partial charge < -0.3 is 48.5 Å². The minimum Gasteiger partial charge on any atom is -0.495 e. The SMILES string of the molecule is CCOc1ccccc1OCCNC(C)Cc1ccc(OC)c(S(=O)(=O)NCCOC(C)(CC)CCOC(C)(C)CCNS(=O)(=O)c2cc(CC(C)NCCOc3ccccc3OCC)ccc2OC)c1. The molecule has 0 aliphatic rings. The van der Waals surface area contributed by atoms with Crippen molar-refractivity contribution in [2.75, 3.05) is 80.0 Å². The number of hydrogen-bond acceptors (Lipinski definition) is 14. The molecule has 0 saturated carbocycles. The van der Waals surface area contributed by atoms with Gasteiger partial charge in [-0.25, -0.2) is 26.3 Å². The normalized spacial score (nSPS) is 13.8. The van der Waals surface area contributed by atoms with E-state index in [2.05, 4.69) is 20.1 Å². The topological polar surface area (TPSA) is 190 Å². The minimum atomic E-state index is -3.94. The van der Waals surface area contributed by atoms with Crippen LogP contribution in [0.25, 0.3) is 0 Å². The summed E-state index contributed by atoms with van der Waals surface area (Å²) in [5, 5.41) is 6.89. The molecule has 0 spiro atoms. The van der Waals surface area contributed by atoms with E-state index in [-0.39, 0.29) is 53.1 Å². The average Bonchev–Trinajstić information content (AvgIpc) is 3.34. The molecule has 16 nitrogen and oxygen atoms in total. The average molecular weight is 1030 g/mol. The summed E-state index contributed by atoms with van der Waals surface area (Å²) in [5.41, 5.74) is 0.417. The van der Waals surface area contributed by atoms with E-state index >= 15 is 0 Å². The molecule has 71 heavy (non-hydrogen) atoms. The van der Waals surface area contributed by atoms with Crippen LogP contribution in [0.15, 0.2) is 94.7 Å². The first-order valence-electron chi connectivity index (χ1n) is 24.6. The molecule has 0 saturated heterocycles. The highest BCUT2D eigenvalue weighted by atomic mass is 32.2. The Labute approximate surface area is 424 Å². The second-order valence-corrected chi connectivity index (χ2v) is 21.6. The second kappa shape index (κ2) is 29.1. The maximum Gasteiger partial charge on any atom is 0.244 e. The lowest BCUT2D eigenvalue weighted by Crippen LogP contribution is -2.37. The highest BCUT2D eigenvalue weighted by Crippen LogP contribution is 2.30. The van der Waals surface area contributed by atoms with E-state index in [1.54, 1.807) is 24.3 Å². The van der Waals surface area contributed by atoms with Crippen LogP contribution in [-0.2, 0) is 42.4 Å². The van der Waals surface area contributed by atoms with Crippen molar-refractivity contribution in [2.24, 2.45) is 0 Å². The number of benzene rings is 4. The van der Waals surface area contributed by atoms with Gasteiger partial charge in [0, 0.05) is 38.3 Å². The third-order valence-electron chi connectivity index (χ3n) is 11.9. The molecular formula is C53H80N4O12S2. The molecule has 18 heteroatoms. The van der Waals surface area contributed by atoms with Crippen molar-refractivity contribution in [3.05, 3.63) is 96.1 Å². The molecule has 396 valence electrons. The molecule has 4 rings (SSSR count). The monoisotopic (exact) mass is 1030 g/mol. The number of nitrogens with one attached hydrogen (secondary N) is 4. The number of hydrogen-bond donors (Lipinski definition) is 4. The van der Waals surface area contributed by atoms with E-state index in [4.69, 9.17) is 37.9 Å². The van der Waals surface area contributed by atoms with Gasteiger partial charge in [-0.05, 0) is 140 Å². The second-order valence-electron chi connectivity index (χ2n) is 18.1. The summed E-state index contributed by atoms with van der Waals surface area (Å²) in [7, 11) is -4.97. The Hall–Kier alpha value is -4.66. The Balaban J connectivity index is 1.19. The number of rotatable bonds is 36. The van der Waals surface area contributed by atoms with E-state index in [0.717, 1.165) is 11.1 Å². The van der Waals surface area contributed by atoms with E-state index in [0.29, 0.717) is 101 Å². The lowest BCUT2D eigenvalue weighted by atomic mass is 9.99. The van der Waals surface area contributed by atoms with Crippen LogP contribution >= 0.6 is 0 Å². The van der Waals surface area contributed by atoms with E-state index in [9.17, 15) is 16.8 Å². The van der Waals surface area contributed by atoms with Crippen LogP contribution in [0.4, 0.5) is 0 Å². The number of para-hydroxylation sites is 4. The Morgan fingerprint density at radius 1 is 0.507 bits per heavy atom. The van der Waals surface area contributed by atoms with E-state index in [1.165, 1.54) is 14.2 Å². The van der Waals surface area contributed by atoms with Crippen LogP contribution in [0.5, 0.6) is 34.5 Å². The highest BCUT2D eigenvalue weighted by molar-refractivity contribution is 7.90. The van der Waals surface area contributed by atoms with Crippen molar-refractivity contribution in [3.63, 3.8) is 0 Å². The molecule has 4 N–H and O–H groups in total. The van der Waals surface area contributed by atoms with Crippen LogP contribution in [0.2, 0.25) is 0 Å². The first kappa shape index (κ1) is 58.9. The summed E-state index contributed by atoms with van der Waals surface area (Å²) in [6, 6.07) is 25.6. The zero-order chi connectivity index (χ0) is 51.9. The molecular weight excluding hydrogens is 949 g/mol. The number of methoxy groups -OCH3 is 2. The van der Waals surface area contributed by atoms with Gasteiger partial charge in [-0.3, -0.25) is 0 Å². The van der Waals surface area contributed by atoms with Crippen LogP contribution in [0.3, 0.4) is 0 Å². The molecule has 0 aliphatic carbocycles. The first-order valence-corrected chi connectivity index (χ1v) is 27.6. The summed E-state index contributed by atoms with van der Waals surface area (Å²) in [6.45, 7) is 19.6. The fourth-order valence-electron chi connectivity index (χ4n) is 7.67. The molecule has 0 bridgehead atoms. The molecule has 3 unspecified atom stereocenters.